The normalized spacial score (nSPS) is 11.2. The van der Waals surface area contributed by atoms with Gasteiger partial charge in [-0.2, -0.15) is 5.10 Å². The number of fused-ring (bicyclic) bond motifs is 1. The van der Waals surface area contributed by atoms with Crippen LogP contribution in [0.2, 0.25) is 0 Å². The minimum absolute atomic E-state index is 0.267. The molecule has 0 atom stereocenters. The van der Waals surface area contributed by atoms with Gasteiger partial charge in [0.15, 0.2) is 0 Å². The lowest BCUT2D eigenvalue weighted by molar-refractivity contribution is 0.0701. The van der Waals surface area contributed by atoms with Crippen LogP contribution in [0.25, 0.3) is 21.6 Å². The molecule has 0 aliphatic carbocycles. The molecule has 0 aliphatic heterocycles. The van der Waals surface area contributed by atoms with Crippen molar-refractivity contribution in [1.82, 2.24) is 19.7 Å². The van der Waals surface area contributed by atoms with E-state index in [-0.39, 0.29) is 4.88 Å². The molecule has 2 N–H and O–H groups in total. The second-order valence-corrected chi connectivity index (χ2v) is 6.81. The van der Waals surface area contributed by atoms with E-state index < -0.39 is 5.97 Å². The van der Waals surface area contributed by atoms with Crippen LogP contribution < -0.4 is 0 Å². The fourth-order valence-electron chi connectivity index (χ4n) is 2.88. The zero-order chi connectivity index (χ0) is 17.4. The van der Waals surface area contributed by atoms with Crippen molar-refractivity contribution in [2.24, 2.45) is 0 Å². The molecule has 4 rings (SSSR count). The third kappa shape index (κ3) is 2.94. The van der Waals surface area contributed by atoms with Crippen molar-refractivity contribution in [2.75, 3.05) is 0 Å². The monoisotopic (exact) mass is 352 g/mol. The van der Waals surface area contributed by atoms with E-state index in [9.17, 15) is 4.79 Å². The zero-order valence-corrected chi connectivity index (χ0v) is 14.4. The quantitative estimate of drug-likeness (QED) is 0.573. The van der Waals surface area contributed by atoms with Gasteiger partial charge in [0, 0.05) is 29.8 Å². The first kappa shape index (κ1) is 15.6. The number of aromatic nitrogens is 4. The molecule has 0 spiro atoms. The molecule has 7 heteroatoms. The number of carbonyl (C=O) groups is 1. The summed E-state index contributed by atoms with van der Waals surface area (Å²) in [7, 11) is 0. The molecule has 0 saturated heterocycles. The standard InChI is InChI=1S/C18H16N4O2S/c1-11-16(18(23)24)25-17(20-11)15-7-9-22(21-15)8-6-12-10-19-14-5-3-2-4-13(12)14/h2-5,7,9-10,19H,6,8H2,1H3,(H,23,24). The fraction of sp³-hybridized carbons (Fsp3) is 0.167. The number of carboxylic acid groups (broad SMARTS) is 1. The first-order chi connectivity index (χ1) is 12.1. The first-order valence-electron chi connectivity index (χ1n) is 7.91. The zero-order valence-electron chi connectivity index (χ0n) is 13.6. The maximum Gasteiger partial charge on any atom is 0.347 e. The highest BCUT2D eigenvalue weighted by atomic mass is 32.1. The van der Waals surface area contributed by atoms with Gasteiger partial charge in [0.25, 0.3) is 0 Å². The average Bonchev–Trinajstić information content (AvgIpc) is 3.30. The topological polar surface area (TPSA) is 83.8 Å². The van der Waals surface area contributed by atoms with Crippen molar-refractivity contribution in [3.8, 4) is 10.7 Å². The maximum absolute atomic E-state index is 11.2. The lowest BCUT2D eigenvalue weighted by atomic mass is 10.1. The van der Waals surface area contributed by atoms with Gasteiger partial charge in [0.1, 0.15) is 15.6 Å². The lowest BCUT2D eigenvalue weighted by Crippen LogP contribution is -2.01. The summed E-state index contributed by atoms with van der Waals surface area (Å²) in [6, 6.07) is 10.1. The van der Waals surface area contributed by atoms with Crippen molar-refractivity contribution in [3.05, 3.63) is 58.9 Å². The van der Waals surface area contributed by atoms with E-state index >= 15 is 0 Å². The minimum atomic E-state index is -0.944. The number of para-hydroxylation sites is 1. The SMILES string of the molecule is Cc1nc(-c2ccn(CCc3c[nH]c4ccccc34)n2)sc1C(=O)O. The lowest BCUT2D eigenvalue weighted by Gasteiger charge is -2.01. The molecular weight excluding hydrogens is 336 g/mol. The summed E-state index contributed by atoms with van der Waals surface area (Å²) in [6.07, 6.45) is 4.81. The minimum Gasteiger partial charge on any atom is -0.477 e. The number of nitrogens with one attached hydrogen (secondary N) is 1. The number of H-pyrrole nitrogens is 1. The third-order valence-electron chi connectivity index (χ3n) is 4.14. The van der Waals surface area contributed by atoms with Crippen LogP contribution in [-0.2, 0) is 13.0 Å². The Hall–Kier alpha value is -2.93. The van der Waals surface area contributed by atoms with Gasteiger partial charge in [-0.05, 0) is 31.0 Å². The Morgan fingerprint density at radius 2 is 2.16 bits per heavy atom. The van der Waals surface area contributed by atoms with Crippen LogP contribution in [0.4, 0.5) is 0 Å². The van der Waals surface area contributed by atoms with E-state index in [0.29, 0.717) is 16.4 Å². The maximum atomic E-state index is 11.2. The van der Waals surface area contributed by atoms with Gasteiger partial charge in [-0.1, -0.05) is 18.2 Å². The van der Waals surface area contributed by atoms with E-state index in [0.717, 1.165) is 29.8 Å². The Balaban J connectivity index is 1.52. The highest BCUT2D eigenvalue weighted by Crippen LogP contribution is 2.26. The molecule has 0 fully saturated rings. The molecule has 6 nitrogen and oxygen atoms in total. The van der Waals surface area contributed by atoms with Crippen LogP contribution in [-0.4, -0.2) is 30.8 Å². The molecule has 0 amide bonds. The van der Waals surface area contributed by atoms with E-state index in [1.165, 1.54) is 10.9 Å². The first-order valence-corrected chi connectivity index (χ1v) is 8.73. The predicted molar refractivity (Wildman–Crippen MR) is 97.0 cm³/mol. The number of aromatic amines is 1. The summed E-state index contributed by atoms with van der Waals surface area (Å²) in [5, 5.41) is 15.6. The van der Waals surface area contributed by atoms with Crippen LogP contribution in [0.1, 0.15) is 20.9 Å². The van der Waals surface area contributed by atoms with E-state index in [1.54, 1.807) is 6.92 Å². The number of aryl methyl sites for hydroxylation is 3. The number of hydrogen-bond acceptors (Lipinski definition) is 4. The molecule has 3 aromatic heterocycles. The molecule has 0 bridgehead atoms. The van der Waals surface area contributed by atoms with Crippen molar-refractivity contribution in [2.45, 2.75) is 19.9 Å². The molecule has 126 valence electrons. The molecule has 4 aromatic rings. The molecule has 3 heterocycles. The summed E-state index contributed by atoms with van der Waals surface area (Å²) in [6.45, 7) is 2.45. The van der Waals surface area contributed by atoms with Gasteiger partial charge in [-0.15, -0.1) is 11.3 Å². The van der Waals surface area contributed by atoms with E-state index in [2.05, 4.69) is 27.2 Å². The largest absolute Gasteiger partial charge is 0.477 e. The van der Waals surface area contributed by atoms with Gasteiger partial charge in [-0.25, -0.2) is 9.78 Å². The Morgan fingerprint density at radius 3 is 2.96 bits per heavy atom. The number of nitrogens with zero attached hydrogens (tertiary/aromatic N) is 3. The highest BCUT2D eigenvalue weighted by Gasteiger charge is 2.16. The van der Waals surface area contributed by atoms with Crippen molar-refractivity contribution >= 4 is 28.2 Å². The predicted octanol–water partition coefficient (Wildman–Crippen LogP) is 3.74. The highest BCUT2D eigenvalue weighted by molar-refractivity contribution is 7.17. The molecule has 25 heavy (non-hydrogen) atoms. The number of thiazole rings is 1. The summed E-state index contributed by atoms with van der Waals surface area (Å²) < 4.78 is 1.87. The second kappa shape index (κ2) is 6.18. The van der Waals surface area contributed by atoms with Crippen molar-refractivity contribution in [3.63, 3.8) is 0 Å². The number of carboxylic acids is 1. The molecular formula is C18H16N4O2S. The molecule has 0 aliphatic rings. The van der Waals surface area contributed by atoms with E-state index in [1.807, 2.05) is 35.3 Å². The van der Waals surface area contributed by atoms with Crippen molar-refractivity contribution in [1.29, 1.82) is 0 Å². The Bertz CT molecular complexity index is 1060. The number of rotatable bonds is 5. The average molecular weight is 352 g/mol. The molecule has 0 unspecified atom stereocenters. The number of aromatic carboxylic acids is 1. The summed E-state index contributed by atoms with van der Waals surface area (Å²) in [5.41, 5.74) is 3.63. The van der Waals surface area contributed by atoms with Gasteiger partial charge in [0.05, 0.1) is 5.69 Å². The fourth-order valence-corrected chi connectivity index (χ4v) is 3.75. The van der Waals surface area contributed by atoms with Gasteiger partial charge < -0.3 is 10.1 Å². The number of benzene rings is 1. The second-order valence-electron chi connectivity index (χ2n) is 5.81. The smallest absolute Gasteiger partial charge is 0.347 e. The Morgan fingerprint density at radius 1 is 1.32 bits per heavy atom. The van der Waals surface area contributed by atoms with Crippen LogP contribution in [0.3, 0.4) is 0 Å². The molecule has 1 aromatic carbocycles. The summed E-state index contributed by atoms with van der Waals surface area (Å²) >= 11 is 1.16. The van der Waals surface area contributed by atoms with Gasteiger partial charge >= 0.3 is 5.97 Å². The van der Waals surface area contributed by atoms with Crippen molar-refractivity contribution < 1.29 is 9.90 Å². The van der Waals surface area contributed by atoms with Crippen LogP contribution in [0, 0.1) is 6.92 Å². The number of hydrogen-bond donors (Lipinski definition) is 2. The molecule has 0 saturated carbocycles. The van der Waals surface area contributed by atoms with Gasteiger partial charge in [0.2, 0.25) is 0 Å². The van der Waals surface area contributed by atoms with E-state index in [4.69, 9.17) is 5.11 Å². The van der Waals surface area contributed by atoms with Crippen LogP contribution >= 0.6 is 11.3 Å². The third-order valence-corrected chi connectivity index (χ3v) is 5.30. The van der Waals surface area contributed by atoms with Crippen LogP contribution in [0.5, 0.6) is 0 Å². The Labute approximate surface area is 147 Å². The van der Waals surface area contributed by atoms with Crippen LogP contribution in [0.15, 0.2) is 42.7 Å². The summed E-state index contributed by atoms with van der Waals surface area (Å²) in [5.74, 6) is -0.944. The van der Waals surface area contributed by atoms with Gasteiger partial charge in [-0.3, -0.25) is 4.68 Å². The summed E-state index contributed by atoms with van der Waals surface area (Å²) in [4.78, 5) is 19.0. The molecule has 0 radical (unpaired) electrons. The Kier molecular flexibility index (Phi) is 3.85.